The van der Waals surface area contributed by atoms with Crippen molar-refractivity contribution in [2.24, 2.45) is 0 Å². The van der Waals surface area contributed by atoms with E-state index in [1.807, 2.05) is 6.07 Å². The van der Waals surface area contributed by atoms with Gasteiger partial charge in [0.1, 0.15) is 0 Å². The number of hydrogen-bond acceptors (Lipinski definition) is 5. The molecular weight excluding hydrogens is 315 g/mol. The van der Waals surface area contributed by atoms with Crippen molar-refractivity contribution >= 4 is 11.9 Å². The number of halogens is 3. The molecule has 1 aliphatic rings. The third kappa shape index (κ3) is 3.78. The number of alkyl halides is 3. The van der Waals surface area contributed by atoms with Crippen molar-refractivity contribution < 1.29 is 27.5 Å². The summed E-state index contributed by atoms with van der Waals surface area (Å²) in [7, 11) is 0. The van der Waals surface area contributed by atoms with Crippen molar-refractivity contribution in [1.82, 2.24) is 10.2 Å². The van der Waals surface area contributed by atoms with Gasteiger partial charge in [-0.2, -0.15) is 18.4 Å². The zero-order chi connectivity index (χ0) is 17.0. The van der Waals surface area contributed by atoms with Crippen LogP contribution in [0.25, 0.3) is 0 Å². The van der Waals surface area contributed by atoms with Crippen LogP contribution in [-0.4, -0.2) is 48.8 Å². The second-order valence-electron chi connectivity index (χ2n) is 4.72. The third-order valence-electron chi connectivity index (χ3n) is 3.21. The lowest BCUT2D eigenvalue weighted by atomic mass is 10.1. The molecule has 0 aliphatic carbocycles. The summed E-state index contributed by atoms with van der Waals surface area (Å²) in [4.78, 5) is 24.5. The highest BCUT2D eigenvalue weighted by Gasteiger charge is 2.44. The summed E-state index contributed by atoms with van der Waals surface area (Å²) >= 11 is 0. The van der Waals surface area contributed by atoms with Gasteiger partial charge in [0, 0.05) is 13.1 Å². The van der Waals surface area contributed by atoms with Crippen molar-refractivity contribution in [1.29, 1.82) is 5.26 Å². The number of nitriles is 1. The zero-order valence-corrected chi connectivity index (χ0v) is 11.8. The molecule has 6 nitrogen and oxygen atoms in total. The minimum absolute atomic E-state index is 0.0463. The summed E-state index contributed by atoms with van der Waals surface area (Å²) in [6.07, 6.45) is -6.53. The van der Waals surface area contributed by atoms with Crippen molar-refractivity contribution in [3.05, 3.63) is 35.4 Å². The number of carbonyl (C=O) groups is 2. The molecule has 9 heteroatoms. The largest absolute Gasteiger partial charge is 0.491 e. The fraction of sp³-hybridized carbons (Fsp3) is 0.357. The normalized spacial score (nSPS) is 18.2. The van der Waals surface area contributed by atoms with E-state index in [-0.39, 0.29) is 24.2 Å². The van der Waals surface area contributed by atoms with Gasteiger partial charge in [0.25, 0.3) is 5.91 Å². The molecule has 1 amide bonds. The van der Waals surface area contributed by atoms with Gasteiger partial charge in [0.15, 0.2) is 6.23 Å². The summed E-state index contributed by atoms with van der Waals surface area (Å²) in [5.41, 5.74) is 0.141. The Balaban J connectivity index is 2.23. The maximum absolute atomic E-state index is 12.5. The van der Waals surface area contributed by atoms with E-state index in [1.54, 1.807) is 6.07 Å². The monoisotopic (exact) mass is 327 g/mol. The molecule has 1 aromatic rings. The Morgan fingerprint density at radius 2 is 2.04 bits per heavy atom. The average molecular weight is 327 g/mol. The molecule has 1 unspecified atom stereocenters. The van der Waals surface area contributed by atoms with Crippen LogP contribution in [0.4, 0.5) is 13.2 Å². The number of nitrogens with zero attached hydrogens (tertiary/aromatic N) is 2. The van der Waals surface area contributed by atoms with Gasteiger partial charge in [-0.25, -0.2) is 4.79 Å². The van der Waals surface area contributed by atoms with E-state index >= 15 is 0 Å². The number of rotatable bonds is 2. The van der Waals surface area contributed by atoms with Crippen LogP contribution in [0.1, 0.15) is 15.9 Å². The lowest BCUT2D eigenvalue weighted by molar-refractivity contribution is -0.211. The predicted molar refractivity (Wildman–Crippen MR) is 71.0 cm³/mol. The molecule has 1 N–H and O–H groups in total. The highest BCUT2D eigenvalue weighted by molar-refractivity contribution is 5.97. The molecule has 1 fully saturated rings. The number of ether oxygens (including phenoxy) is 1. The summed E-state index contributed by atoms with van der Waals surface area (Å²) in [5.74, 6) is -3.03. The zero-order valence-electron chi connectivity index (χ0n) is 11.8. The van der Waals surface area contributed by atoms with E-state index in [9.17, 15) is 22.8 Å². The van der Waals surface area contributed by atoms with Crippen LogP contribution in [0, 0.1) is 11.3 Å². The van der Waals surface area contributed by atoms with E-state index in [0.717, 1.165) is 4.90 Å². The second-order valence-corrected chi connectivity index (χ2v) is 4.72. The molecular formula is C14H12F3N3O3. The van der Waals surface area contributed by atoms with E-state index in [2.05, 4.69) is 10.1 Å². The van der Waals surface area contributed by atoms with Crippen LogP contribution in [0.3, 0.4) is 0 Å². The minimum Gasteiger partial charge on any atom is -0.433 e. The van der Waals surface area contributed by atoms with E-state index in [0.29, 0.717) is 6.54 Å². The summed E-state index contributed by atoms with van der Waals surface area (Å²) in [6.45, 7) is 0.261. The van der Waals surface area contributed by atoms with Gasteiger partial charge in [-0.15, -0.1) is 0 Å². The molecule has 0 spiro atoms. The summed E-state index contributed by atoms with van der Waals surface area (Å²) in [6, 6.07) is 7.76. The molecule has 1 atom stereocenters. The average Bonchev–Trinajstić information content (AvgIpc) is 2.53. The van der Waals surface area contributed by atoms with Gasteiger partial charge in [-0.1, -0.05) is 12.1 Å². The molecule has 0 aromatic heterocycles. The first-order valence-electron chi connectivity index (χ1n) is 6.63. The number of benzene rings is 1. The fourth-order valence-corrected chi connectivity index (χ4v) is 2.13. The Hall–Kier alpha value is -2.60. The van der Waals surface area contributed by atoms with Crippen LogP contribution >= 0.6 is 0 Å². The Morgan fingerprint density at radius 1 is 1.35 bits per heavy atom. The number of nitrogens with one attached hydrogen (secondary N) is 1. The molecule has 1 aliphatic heterocycles. The Kier molecular flexibility index (Phi) is 4.86. The Labute approximate surface area is 129 Å². The number of carbonyl (C=O) groups excluding carboxylic acids is 2. The lowest BCUT2D eigenvalue weighted by Gasteiger charge is -2.35. The molecule has 23 heavy (non-hydrogen) atoms. The van der Waals surface area contributed by atoms with E-state index in [4.69, 9.17) is 5.26 Å². The smallest absolute Gasteiger partial charge is 0.433 e. The van der Waals surface area contributed by atoms with Gasteiger partial charge in [-0.05, 0) is 12.1 Å². The molecule has 0 bridgehead atoms. The molecule has 2 rings (SSSR count). The summed E-state index contributed by atoms with van der Waals surface area (Å²) < 4.78 is 41.4. The maximum Gasteiger partial charge on any atom is 0.491 e. The first-order valence-corrected chi connectivity index (χ1v) is 6.63. The number of hydrogen-bond donors (Lipinski definition) is 1. The van der Waals surface area contributed by atoms with Gasteiger partial charge in [0.2, 0.25) is 0 Å². The van der Waals surface area contributed by atoms with Crippen molar-refractivity contribution in [3.63, 3.8) is 0 Å². The Bertz CT molecular complexity index is 655. The third-order valence-corrected chi connectivity index (χ3v) is 3.21. The molecule has 1 saturated heterocycles. The second kappa shape index (κ2) is 6.66. The van der Waals surface area contributed by atoms with E-state index < -0.39 is 24.3 Å². The molecule has 122 valence electrons. The standard InChI is InChI=1S/C14H12F3N3O3/c15-14(16,17)13(22)23-11-8-19-5-6-20(11)12(21)10-4-2-1-3-9(10)7-18/h1-4,11,19H,5-6,8H2. The van der Waals surface area contributed by atoms with Gasteiger partial charge >= 0.3 is 12.1 Å². The van der Waals surface area contributed by atoms with Crippen LogP contribution in [0.15, 0.2) is 24.3 Å². The van der Waals surface area contributed by atoms with Gasteiger partial charge < -0.3 is 15.0 Å². The van der Waals surface area contributed by atoms with Crippen molar-refractivity contribution in [3.8, 4) is 6.07 Å². The number of esters is 1. The van der Waals surface area contributed by atoms with Crippen molar-refractivity contribution in [2.45, 2.75) is 12.4 Å². The van der Waals surface area contributed by atoms with Crippen LogP contribution in [-0.2, 0) is 9.53 Å². The molecule has 0 radical (unpaired) electrons. The van der Waals surface area contributed by atoms with Crippen LogP contribution < -0.4 is 5.32 Å². The predicted octanol–water partition coefficient (Wildman–Crippen LogP) is 1.04. The highest BCUT2D eigenvalue weighted by Crippen LogP contribution is 2.20. The van der Waals surface area contributed by atoms with Crippen molar-refractivity contribution in [2.75, 3.05) is 19.6 Å². The first-order chi connectivity index (χ1) is 10.8. The Morgan fingerprint density at radius 3 is 2.70 bits per heavy atom. The first kappa shape index (κ1) is 16.8. The summed E-state index contributed by atoms with van der Waals surface area (Å²) in [5, 5.41) is 11.8. The maximum atomic E-state index is 12.5. The molecule has 1 heterocycles. The molecule has 0 saturated carbocycles. The molecule has 1 aromatic carbocycles. The highest BCUT2D eigenvalue weighted by atomic mass is 19.4. The lowest BCUT2D eigenvalue weighted by Crippen LogP contribution is -2.56. The van der Waals surface area contributed by atoms with E-state index in [1.165, 1.54) is 18.2 Å². The van der Waals surface area contributed by atoms with Gasteiger partial charge in [-0.3, -0.25) is 4.79 Å². The number of piperazine rings is 1. The quantitative estimate of drug-likeness (QED) is 0.821. The topological polar surface area (TPSA) is 82.4 Å². The SMILES string of the molecule is N#Cc1ccccc1C(=O)N1CCNCC1OC(=O)C(F)(F)F. The minimum atomic E-state index is -5.14. The number of amides is 1. The fourth-order valence-electron chi connectivity index (χ4n) is 2.13. The van der Waals surface area contributed by atoms with Crippen LogP contribution in [0.5, 0.6) is 0 Å². The van der Waals surface area contributed by atoms with Crippen LogP contribution in [0.2, 0.25) is 0 Å². The van der Waals surface area contributed by atoms with Gasteiger partial charge in [0.05, 0.1) is 23.7 Å².